The Hall–Kier alpha value is -2.82. The first-order valence-corrected chi connectivity index (χ1v) is 11.1. The van der Waals surface area contributed by atoms with E-state index in [9.17, 15) is 27.5 Å². The van der Waals surface area contributed by atoms with Gasteiger partial charge in [-0.3, -0.25) is 9.59 Å². The summed E-state index contributed by atoms with van der Waals surface area (Å²) >= 11 is 0. The molecule has 168 valence electrons. The molecule has 2 aromatic rings. The maximum atomic E-state index is 13.0. The van der Waals surface area contributed by atoms with Crippen LogP contribution in [0.15, 0.2) is 53.4 Å². The van der Waals surface area contributed by atoms with E-state index in [1.54, 1.807) is 12.1 Å². The van der Waals surface area contributed by atoms with Crippen molar-refractivity contribution in [1.29, 1.82) is 0 Å². The zero-order chi connectivity index (χ0) is 23.2. The Morgan fingerprint density at radius 1 is 1.06 bits per heavy atom. The zero-order valence-corrected chi connectivity index (χ0v) is 18.1. The SMILES string of the molecule is CCc1ccc(NC(=O)[C@H](C)OC(=O)[C@@H](NS(=O)(=O)c2ccc(F)cc2)[C@@H](C)O)cc1. The Balaban J connectivity index is 2.05. The Kier molecular flexibility index (Phi) is 8.26. The number of ether oxygens (including phenoxy) is 1. The highest BCUT2D eigenvalue weighted by Crippen LogP contribution is 2.14. The lowest BCUT2D eigenvalue weighted by Crippen LogP contribution is -2.49. The standard InChI is InChI=1S/C21H25FN2O6S/c1-4-15-5-9-17(10-6-15)23-20(26)14(3)30-21(27)19(13(2)25)24-31(28,29)18-11-7-16(22)8-12-18/h5-14,19,24-25H,4H2,1-3H3,(H,23,26)/t13-,14+,19+/m1/s1. The van der Waals surface area contributed by atoms with Gasteiger partial charge >= 0.3 is 5.97 Å². The summed E-state index contributed by atoms with van der Waals surface area (Å²) in [5.41, 5.74) is 1.60. The van der Waals surface area contributed by atoms with Crippen LogP contribution >= 0.6 is 0 Å². The minimum absolute atomic E-state index is 0.298. The normalized spacial score (nSPS) is 14.4. The van der Waals surface area contributed by atoms with Gasteiger partial charge in [0.05, 0.1) is 11.0 Å². The number of aryl methyl sites for hydroxylation is 1. The lowest BCUT2D eigenvalue weighted by Gasteiger charge is -2.22. The molecule has 0 saturated heterocycles. The number of amides is 1. The molecule has 1 amide bonds. The molecule has 0 aliphatic rings. The first kappa shape index (κ1) is 24.4. The third-order valence-corrected chi connectivity index (χ3v) is 5.89. The fourth-order valence-corrected chi connectivity index (χ4v) is 3.82. The molecule has 31 heavy (non-hydrogen) atoms. The van der Waals surface area contributed by atoms with Gasteiger partial charge in [-0.25, -0.2) is 12.8 Å². The number of halogens is 1. The quantitative estimate of drug-likeness (QED) is 0.500. The predicted molar refractivity (Wildman–Crippen MR) is 112 cm³/mol. The van der Waals surface area contributed by atoms with Gasteiger partial charge in [0.1, 0.15) is 11.9 Å². The van der Waals surface area contributed by atoms with E-state index in [2.05, 4.69) is 5.32 Å². The number of aliphatic hydroxyl groups is 1. The van der Waals surface area contributed by atoms with Crippen molar-refractivity contribution >= 4 is 27.6 Å². The molecular formula is C21H25FN2O6S. The Morgan fingerprint density at radius 2 is 1.65 bits per heavy atom. The summed E-state index contributed by atoms with van der Waals surface area (Å²) in [5.74, 6) is -2.39. The number of benzene rings is 2. The van der Waals surface area contributed by atoms with Crippen LogP contribution in [-0.2, 0) is 30.8 Å². The van der Waals surface area contributed by atoms with Crippen molar-refractivity contribution in [2.24, 2.45) is 0 Å². The molecule has 0 heterocycles. The summed E-state index contributed by atoms with van der Waals surface area (Å²) in [6.45, 7) is 4.51. The molecule has 3 atom stereocenters. The lowest BCUT2D eigenvalue weighted by molar-refractivity contribution is -0.157. The average Bonchev–Trinajstić information content (AvgIpc) is 2.72. The van der Waals surface area contributed by atoms with Gasteiger partial charge < -0.3 is 15.2 Å². The number of carbonyl (C=O) groups is 2. The molecule has 0 spiro atoms. The third kappa shape index (κ3) is 6.84. The van der Waals surface area contributed by atoms with Crippen LogP contribution in [0.2, 0.25) is 0 Å². The molecule has 0 bridgehead atoms. The van der Waals surface area contributed by atoms with Gasteiger partial charge in [0.25, 0.3) is 5.91 Å². The summed E-state index contributed by atoms with van der Waals surface area (Å²) in [7, 11) is -4.26. The fraction of sp³-hybridized carbons (Fsp3) is 0.333. The highest BCUT2D eigenvalue weighted by atomic mass is 32.2. The largest absolute Gasteiger partial charge is 0.451 e. The van der Waals surface area contributed by atoms with Gasteiger partial charge in [-0.1, -0.05) is 19.1 Å². The molecule has 0 radical (unpaired) electrons. The molecule has 2 rings (SSSR count). The summed E-state index contributed by atoms with van der Waals surface area (Å²) in [4.78, 5) is 24.5. The Labute approximate surface area is 180 Å². The minimum atomic E-state index is -4.26. The summed E-state index contributed by atoms with van der Waals surface area (Å²) in [6.07, 6.45) is -1.87. The number of nitrogens with one attached hydrogen (secondary N) is 2. The van der Waals surface area contributed by atoms with Gasteiger partial charge in [0.15, 0.2) is 6.10 Å². The van der Waals surface area contributed by atoms with Gasteiger partial charge in [-0.05, 0) is 62.2 Å². The highest BCUT2D eigenvalue weighted by molar-refractivity contribution is 7.89. The maximum Gasteiger partial charge on any atom is 0.327 e. The van der Waals surface area contributed by atoms with Crippen LogP contribution in [0.25, 0.3) is 0 Å². The molecule has 0 unspecified atom stereocenters. The Bertz CT molecular complexity index is 1010. The first-order chi connectivity index (χ1) is 14.5. The second kappa shape index (κ2) is 10.5. The zero-order valence-electron chi connectivity index (χ0n) is 17.3. The van der Waals surface area contributed by atoms with E-state index < -0.39 is 46.0 Å². The lowest BCUT2D eigenvalue weighted by atomic mass is 10.1. The molecule has 10 heteroatoms. The van der Waals surface area contributed by atoms with Crippen molar-refractivity contribution in [2.45, 2.75) is 50.3 Å². The number of anilines is 1. The van der Waals surface area contributed by atoms with Gasteiger partial charge in [-0.2, -0.15) is 4.72 Å². The van der Waals surface area contributed by atoms with Crippen LogP contribution in [0.1, 0.15) is 26.3 Å². The second-order valence-electron chi connectivity index (χ2n) is 6.91. The number of esters is 1. The van der Waals surface area contributed by atoms with E-state index in [-0.39, 0.29) is 4.90 Å². The van der Waals surface area contributed by atoms with Gasteiger partial charge in [0, 0.05) is 5.69 Å². The average molecular weight is 453 g/mol. The predicted octanol–water partition coefficient (Wildman–Crippen LogP) is 1.99. The van der Waals surface area contributed by atoms with Crippen LogP contribution in [0, 0.1) is 5.82 Å². The van der Waals surface area contributed by atoms with Crippen molar-refractivity contribution in [3.63, 3.8) is 0 Å². The first-order valence-electron chi connectivity index (χ1n) is 9.59. The molecule has 0 saturated carbocycles. The maximum absolute atomic E-state index is 13.0. The Morgan fingerprint density at radius 3 is 2.16 bits per heavy atom. The molecule has 0 aliphatic carbocycles. The van der Waals surface area contributed by atoms with E-state index >= 15 is 0 Å². The number of hydrogen-bond donors (Lipinski definition) is 3. The van der Waals surface area contributed by atoms with Gasteiger partial charge in [0.2, 0.25) is 10.0 Å². The monoisotopic (exact) mass is 452 g/mol. The van der Waals surface area contributed by atoms with E-state index in [1.807, 2.05) is 23.8 Å². The number of carbonyl (C=O) groups excluding carboxylic acids is 2. The molecule has 8 nitrogen and oxygen atoms in total. The molecule has 0 fully saturated rings. The summed E-state index contributed by atoms with van der Waals surface area (Å²) in [5, 5.41) is 12.5. The molecule has 0 aromatic heterocycles. The van der Waals surface area contributed by atoms with E-state index in [0.29, 0.717) is 5.69 Å². The molecule has 2 aromatic carbocycles. The van der Waals surface area contributed by atoms with Crippen molar-refractivity contribution in [1.82, 2.24) is 4.72 Å². The molecular weight excluding hydrogens is 427 g/mol. The van der Waals surface area contributed by atoms with Crippen molar-refractivity contribution in [2.75, 3.05) is 5.32 Å². The smallest absolute Gasteiger partial charge is 0.327 e. The molecule has 0 aliphatic heterocycles. The number of aliphatic hydroxyl groups excluding tert-OH is 1. The van der Waals surface area contributed by atoms with Crippen molar-refractivity contribution in [3.05, 3.63) is 59.9 Å². The highest BCUT2D eigenvalue weighted by Gasteiger charge is 2.33. The third-order valence-electron chi connectivity index (χ3n) is 4.43. The molecule has 3 N–H and O–H groups in total. The summed E-state index contributed by atoms with van der Waals surface area (Å²) < 4.78 is 45.0. The van der Waals surface area contributed by atoms with Crippen LogP contribution in [0.3, 0.4) is 0 Å². The minimum Gasteiger partial charge on any atom is -0.451 e. The van der Waals surface area contributed by atoms with Crippen LogP contribution < -0.4 is 10.0 Å². The number of sulfonamides is 1. The summed E-state index contributed by atoms with van der Waals surface area (Å²) in [6, 6.07) is 9.37. The van der Waals surface area contributed by atoms with E-state index in [4.69, 9.17) is 4.74 Å². The number of hydrogen-bond acceptors (Lipinski definition) is 6. The number of rotatable bonds is 9. The van der Waals surface area contributed by atoms with Gasteiger partial charge in [-0.15, -0.1) is 0 Å². The van der Waals surface area contributed by atoms with Crippen molar-refractivity contribution in [3.8, 4) is 0 Å². The van der Waals surface area contributed by atoms with E-state index in [0.717, 1.165) is 36.2 Å². The second-order valence-corrected chi connectivity index (χ2v) is 8.63. The fourth-order valence-electron chi connectivity index (χ4n) is 2.56. The van der Waals surface area contributed by atoms with Crippen LogP contribution in [0.5, 0.6) is 0 Å². The van der Waals surface area contributed by atoms with E-state index in [1.165, 1.54) is 13.8 Å². The van der Waals surface area contributed by atoms with Crippen LogP contribution in [-0.4, -0.2) is 43.7 Å². The van der Waals surface area contributed by atoms with Crippen LogP contribution in [0.4, 0.5) is 10.1 Å². The van der Waals surface area contributed by atoms with Crippen molar-refractivity contribution < 1.29 is 32.2 Å². The topological polar surface area (TPSA) is 122 Å².